The number of fused-ring (bicyclic) bond motifs is 2. The van der Waals surface area contributed by atoms with Gasteiger partial charge in [-0.25, -0.2) is 9.37 Å². The van der Waals surface area contributed by atoms with Gasteiger partial charge in [0.25, 0.3) is 0 Å². The summed E-state index contributed by atoms with van der Waals surface area (Å²) in [5.74, 6) is -0.351. The fourth-order valence-corrected chi connectivity index (χ4v) is 4.68. The van der Waals surface area contributed by atoms with E-state index in [2.05, 4.69) is 31.3 Å². The van der Waals surface area contributed by atoms with Crippen LogP contribution in [0, 0.1) is 5.82 Å². The molecule has 0 fully saturated rings. The Bertz CT molecular complexity index is 1170. The second kappa shape index (κ2) is 6.24. The molecule has 1 aliphatic heterocycles. The van der Waals surface area contributed by atoms with Crippen LogP contribution in [-0.2, 0) is 4.79 Å². The van der Waals surface area contributed by atoms with E-state index >= 15 is 0 Å². The van der Waals surface area contributed by atoms with E-state index in [4.69, 9.17) is 0 Å². The van der Waals surface area contributed by atoms with Crippen LogP contribution in [0.2, 0.25) is 0 Å². The molecular weight excluding hydrogens is 431 g/mol. The number of rotatable bonds is 2. The van der Waals surface area contributed by atoms with Crippen LogP contribution in [0.4, 0.5) is 10.2 Å². The number of hydrogen-bond acceptors (Lipinski definition) is 4. The second-order valence-electron chi connectivity index (χ2n) is 6.30. The van der Waals surface area contributed by atoms with E-state index in [-0.39, 0.29) is 18.1 Å². The molecule has 0 radical (unpaired) electrons. The molecule has 134 valence electrons. The molecule has 0 aliphatic carbocycles. The molecule has 1 unspecified atom stereocenters. The summed E-state index contributed by atoms with van der Waals surface area (Å²) in [6.45, 7) is 0. The predicted molar refractivity (Wildman–Crippen MR) is 106 cm³/mol. The molecule has 0 spiro atoms. The van der Waals surface area contributed by atoms with Crippen molar-refractivity contribution < 1.29 is 9.18 Å². The van der Waals surface area contributed by atoms with Crippen molar-refractivity contribution in [2.75, 3.05) is 5.32 Å². The molecule has 2 aromatic carbocycles. The molecule has 5 nitrogen and oxygen atoms in total. The maximum Gasteiger partial charge on any atom is 0.226 e. The normalized spacial score (nSPS) is 16.4. The van der Waals surface area contributed by atoms with Gasteiger partial charge in [0.15, 0.2) is 0 Å². The van der Waals surface area contributed by atoms with Crippen LogP contribution < -0.4 is 5.32 Å². The van der Waals surface area contributed by atoms with Gasteiger partial charge < -0.3 is 5.32 Å². The van der Waals surface area contributed by atoms with Crippen molar-refractivity contribution >= 4 is 49.2 Å². The van der Waals surface area contributed by atoms with E-state index in [0.717, 1.165) is 20.3 Å². The first-order chi connectivity index (χ1) is 13.1. The van der Waals surface area contributed by atoms with E-state index in [1.807, 2.05) is 24.3 Å². The van der Waals surface area contributed by atoms with Gasteiger partial charge in [0.05, 0.1) is 16.4 Å². The third-order valence-electron chi connectivity index (χ3n) is 4.62. The molecule has 5 rings (SSSR count). The van der Waals surface area contributed by atoms with Crippen molar-refractivity contribution in [1.82, 2.24) is 14.8 Å². The number of carbonyl (C=O) groups is 1. The second-order valence-corrected chi connectivity index (χ2v) is 8.22. The first-order valence-corrected chi connectivity index (χ1v) is 9.90. The highest BCUT2D eigenvalue weighted by Crippen LogP contribution is 2.40. The van der Waals surface area contributed by atoms with E-state index in [0.29, 0.717) is 16.5 Å². The van der Waals surface area contributed by atoms with Gasteiger partial charge in [-0.05, 0) is 35.9 Å². The highest BCUT2D eigenvalue weighted by molar-refractivity contribution is 9.10. The number of aromatic nitrogens is 3. The standard InChI is InChI=1S/C19H12BrFN4OS/c20-10-5-6-14(21)12(7-10)11-8-17(26)24-18-13(11)9-22-25(18)19-23-15-3-1-2-4-16(15)27-19/h1-7,9,11H,8H2,(H,24,26). The third-order valence-corrected chi connectivity index (χ3v) is 6.12. The van der Waals surface area contributed by atoms with Gasteiger partial charge in [-0.1, -0.05) is 39.4 Å². The van der Waals surface area contributed by atoms with Crippen LogP contribution in [0.1, 0.15) is 23.5 Å². The molecule has 0 saturated carbocycles. The molecule has 8 heteroatoms. The Morgan fingerprint density at radius 3 is 2.93 bits per heavy atom. The number of hydrogen-bond donors (Lipinski definition) is 1. The van der Waals surface area contributed by atoms with Crippen LogP contribution in [0.25, 0.3) is 15.3 Å². The molecule has 3 heterocycles. The van der Waals surface area contributed by atoms with Crippen LogP contribution in [0.15, 0.2) is 53.1 Å². The van der Waals surface area contributed by atoms with Gasteiger partial charge in [0.1, 0.15) is 11.6 Å². The number of para-hydroxylation sites is 1. The molecule has 2 aromatic heterocycles. The minimum Gasteiger partial charge on any atom is -0.310 e. The van der Waals surface area contributed by atoms with E-state index in [9.17, 15) is 9.18 Å². The average molecular weight is 443 g/mol. The fourth-order valence-electron chi connectivity index (χ4n) is 3.37. The number of benzene rings is 2. The highest BCUT2D eigenvalue weighted by Gasteiger charge is 2.32. The number of amides is 1. The van der Waals surface area contributed by atoms with E-state index in [1.54, 1.807) is 23.0 Å². The third kappa shape index (κ3) is 2.76. The van der Waals surface area contributed by atoms with Crippen LogP contribution >= 0.6 is 27.3 Å². The quantitative estimate of drug-likeness (QED) is 0.482. The Labute approximate surface area is 166 Å². The zero-order valence-corrected chi connectivity index (χ0v) is 16.2. The maximum atomic E-state index is 14.5. The summed E-state index contributed by atoms with van der Waals surface area (Å²) in [6.07, 6.45) is 1.86. The number of carbonyl (C=O) groups excluding carboxylic acids is 1. The number of anilines is 1. The van der Waals surface area contributed by atoms with Gasteiger partial charge >= 0.3 is 0 Å². The number of nitrogens with one attached hydrogen (secondary N) is 1. The van der Waals surface area contributed by atoms with Gasteiger partial charge in [-0.2, -0.15) is 9.78 Å². The van der Waals surface area contributed by atoms with Gasteiger partial charge in [0, 0.05) is 22.4 Å². The number of halogens is 2. The van der Waals surface area contributed by atoms with Gasteiger partial charge in [-0.3, -0.25) is 4.79 Å². The summed E-state index contributed by atoms with van der Waals surface area (Å²) >= 11 is 4.87. The summed E-state index contributed by atoms with van der Waals surface area (Å²) in [5, 5.41) is 7.98. The van der Waals surface area contributed by atoms with Crippen molar-refractivity contribution in [2.45, 2.75) is 12.3 Å². The lowest BCUT2D eigenvalue weighted by Gasteiger charge is -2.23. The first-order valence-electron chi connectivity index (χ1n) is 8.29. The minimum atomic E-state index is -0.394. The van der Waals surface area contributed by atoms with Crippen molar-refractivity contribution in [3.8, 4) is 5.13 Å². The van der Waals surface area contributed by atoms with E-state index in [1.165, 1.54) is 17.4 Å². The Morgan fingerprint density at radius 2 is 2.07 bits per heavy atom. The Hall–Kier alpha value is -2.58. The van der Waals surface area contributed by atoms with Crippen LogP contribution in [-0.4, -0.2) is 20.7 Å². The smallest absolute Gasteiger partial charge is 0.226 e. The van der Waals surface area contributed by atoms with Gasteiger partial charge in [0.2, 0.25) is 11.0 Å². The van der Waals surface area contributed by atoms with Crippen molar-refractivity contribution in [1.29, 1.82) is 0 Å². The van der Waals surface area contributed by atoms with Crippen LogP contribution in [0.3, 0.4) is 0 Å². The molecule has 1 N–H and O–H groups in total. The first kappa shape index (κ1) is 16.6. The summed E-state index contributed by atoms with van der Waals surface area (Å²) in [7, 11) is 0. The number of thiazole rings is 1. The summed E-state index contributed by atoms with van der Waals surface area (Å²) in [6, 6.07) is 12.6. The SMILES string of the molecule is O=C1CC(c2cc(Br)ccc2F)c2cnn(-c3nc4ccccc4s3)c2N1. The predicted octanol–water partition coefficient (Wildman–Crippen LogP) is 4.86. The lowest BCUT2D eigenvalue weighted by atomic mass is 9.87. The summed E-state index contributed by atoms with van der Waals surface area (Å²) < 4.78 is 17.9. The van der Waals surface area contributed by atoms with Gasteiger partial charge in [-0.15, -0.1) is 0 Å². The topological polar surface area (TPSA) is 59.8 Å². The Morgan fingerprint density at radius 1 is 1.22 bits per heavy atom. The minimum absolute atomic E-state index is 0.172. The van der Waals surface area contributed by atoms with Crippen LogP contribution in [0.5, 0.6) is 0 Å². The molecule has 27 heavy (non-hydrogen) atoms. The lowest BCUT2D eigenvalue weighted by molar-refractivity contribution is -0.116. The molecule has 4 aromatic rings. The largest absolute Gasteiger partial charge is 0.310 e. The zero-order chi connectivity index (χ0) is 18.5. The molecule has 0 saturated heterocycles. The lowest BCUT2D eigenvalue weighted by Crippen LogP contribution is -2.25. The summed E-state index contributed by atoms with van der Waals surface area (Å²) in [5.41, 5.74) is 2.13. The molecular formula is C19H12BrFN4OS. The monoisotopic (exact) mass is 442 g/mol. The molecule has 1 amide bonds. The summed E-state index contributed by atoms with van der Waals surface area (Å²) in [4.78, 5) is 17.0. The van der Waals surface area contributed by atoms with Crippen molar-refractivity contribution in [2.24, 2.45) is 0 Å². The highest BCUT2D eigenvalue weighted by atomic mass is 79.9. The molecule has 1 aliphatic rings. The van der Waals surface area contributed by atoms with E-state index < -0.39 is 5.92 Å². The number of nitrogens with zero attached hydrogens (tertiary/aromatic N) is 3. The van der Waals surface area contributed by atoms with Crippen molar-refractivity contribution in [3.05, 3.63) is 70.1 Å². The Kier molecular flexibility index (Phi) is 3.84. The average Bonchev–Trinajstić information content (AvgIpc) is 3.26. The molecule has 0 bridgehead atoms. The maximum absolute atomic E-state index is 14.5. The molecule has 1 atom stereocenters. The Balaban J connectivity index is 1.66. The zero-order valence-electron chi connectivity index (χ0n) is 13.8. The fraction of sp³-hybridized carbons (Fsp3) is 0.105. The van der Waals surface area contributed by atoms with Crippen molar-refractivity contribution in [3.63, 3.8) is 0 Å².